The molecule has 0 atom stereocenters. The highest BCUT2D eigenvalue weighted by molar-refractivity contribution is 6.35. The molecule has 0 N–H and O–H groups in total. The molecule has 3 nitrogen and oxygen atoms in total. The second-order valence-electron chi connectivity index (χ2n) is 7.10. The van der Waals surface area contributed by atoms with Gasteiger partial charge in [0.2, 0.25) is 5.78 Å². The lowest BCUT2D eigenvalue weighted by atomic mass is 10.1. The lowest BCUT2D eigenvalue weighted by Crippen LogP contribution is -1.95. The third-order valence-corrected chi connectivity index (χ3v) is 5.69. The van der Waals surface area contributed by atoms with E-state index in [0.29, 0.717) is 5.02 Å². The third kappa shape index (κ3) is 2.41. The molecule has 0 radical (unpaired) electrons. The molecule has 4 aromatic carbocycles. The van der Waals surface area contributed by atoms with Crippen LogP contribution in [-0.4, -0.2) is 14.0 Å². The molecule has 0 spiro atoms. The van der Waals surface area contributed by atoms with Crippen LogP contribution in [0, 0.1) is 0 Å². The van der Waals surface area contributed by atoms with Gasteiger partial charge in [-0.15, -0.1) is 0 Å². The Morgan fingerprint density at radius 1 is 0.655 bits per heavy atom. The van der Waals surface area contributed by atoms with Crippen LogP contribution in [0.5, 0.6) is 0 Å². The Morgan fingerprint density at radius 3 is 2.24 bits per heavy atom. The molecule has 0 fully saturated rings. The van der Waals surface area contributed by atoms with Gasteiger partial charge < -0.3 is 0 Å². The van der Waals surface area contributed by atoms with Gasteiger partial charge >= 0.3 is 0 Å². The molecule has 0 unspecified atom stereocenters. The summed E-state index contributed by atoms with van der Waals surface area (Å²) in [5.41, 5.74) is 7.46. The predicted molar refractivity (Wildman–Crippen MR) is 120 cm³/mol. The number of rotatable bonds is 2. The fraction of sp³-hybridized carbons (Fsp3) is 0. The van der Waals surface area contributed by atoms with Crippen LogP contribution in [0.4, 0.5) is 0 Å². The van der Waals surface area contributed by atoms with E-state index in [1.165, 1.54) is 11.1 Å². The number of fused-ring (bicyclic) bond motifs is 5. The molecule has 0 aliphatic heterocycles. The van der Waals surface area contributed by atoms with E-state index in [-0.39, 0.29) is 0 Å². The summed E-state index contributed by atoms with van der Waals surface area (Å²) in [6.45, 7) is 0. The molecule has 0 amide bonds. The second kappa shape index (κ2) is 6.23. The largest absolute Gasteiger partial charge is 0.278 e. The number of hydrogen-bond acceptors (Lipinski definition) is 1. The van der Waals surface area contributed by atoms with Gasteiger partial charge in [0.05, 0.1) is 27.1 Å². The SMILES string of the molecule is Clc1cccc2nc3n(-c4cccc(-c5ccccc5)c4)c4ccccc4n3c12. The minimum atomic E-state index is 0.705. The summed E-state index contributed by atoms with van der Waals surface area (Å²) in [5.74, 6) is 0.861. The predicted octanol–water partition coefficient (Wildman–Crippen LogP) is 6.75. The number of para-hydroxylation sites is 3. The maximum atomic E-state index is 6.57. The Hall–Kier alpha value is -3.56. The third-order valence-electron chi connectivity index (χ3n) is 5.38. The van der Waals surface area contributed by atoms with Crippen LogP contribution in [0.15, 0.2) is 97.1 Å². The minimum Gasteiger partial charge on any atom is -0.278 e. The van der Waals surface area contributed by atoms with Gasteiger partial charge in [0.15, 0.2) is 0 Å². The van der Waals surface area contributed by atoms with Gasteiger partial charge in [0.1, 0.15) is 0 Å². The number of halogens is 1. The lowest BCUT2D eigenvalue weighted by Gasteiger charge is -2.08. The van der Waals surface area contributed by atoms with Crippen LogP contribution in [0.1, 0.15) is 0 Å². The topological polar surface area (TPSA) is 22.2 Å². The van der Waals surface area contributed by atoms with Crippen molar-refractivity contribution in [2.75, 3.05) is 0 Å². The van der Waals surface area contributed by atoms with Gasteiger partial charge in [0, 0.05) is 5.69 Å². The number of imidazole rings is 2. The quantitative estimate of drug-likeness (QED) is 0.319. The number of nitrogens with zero attached hydrogens (tertiary/aromatic N) is 3. The molecular weight excluding hydrogens is 378 g/mol. The standard InChI is InChI=1S/C25H16ClN3/c26-20-12-7-13-21-24(20)29-23-15-5-4-14-22(23)28(25(29)27-21)19-11-6-10-18(16-19)17-8-2-1-3-9-17/h1-16H. The first-order valence-corrected chi connectivity index (χ1v) is 9.91. The molecule has 6 rings (SSSR count). The molecular formula is C25H16ClN3. The van der Waals surface area contributed by atoms with Crippen molar-refractivity contribution < 1.29 is 0 Å². The van der Waals surface area contributed by atoms with Crippen LogP contribution >= 0.6 is 11.6 Å². The molecule has 29 heavy (non-hydrogen) atoms. The van der Waals surface area contributed by atoms with E-state index in [1.807, 2.05) is 24.3 Å². The molecule has 0 aliphatic carbocycles. The van der Waals surface area contributed by atoms with E-state index < -0.39 is 0 Å². The smallest absolute Gasteiger partial charge is 0.220 e. The first-order chi connectivity index (χ1) is 14.3. The average molecular weight is 394 g/mol. The molecule has 4 heteroatoms. The Kier molecular flexibility index (Phi) is 3.52. The molecule has 0 bridgehead atoms. The van der Waals surface area contributed by atoms with Crippen molar-refractivity contribution in [3.63, 3.8) is 0 Å². The molecule has 2 aromatic heterocycles. The fourth-order valence-corrected chi connectivity index (χ4v) is 4.37. The van der Waals surface area contributed by atoms with Crippen LogP contribution in [-0.2, 0) is 0 Å². The highest BCUT2D eigenvalue weighted by atomic mass is 35.5. The Balaban J connectivity index is 1.72. The summed E-state index contributed by atoms with van der Waals surface area (Å²) in [6, 6.07) is 33.2. The van der Waals surface area contributed by atoms with E-state index in [1.54, 1.807) is 0 Å². The summed E-state index contributed by atoms with van der Waals surface area (Å²) in [7, 11) is 0. The maximum Gasteiger partial charge on any atom is 0.220 e. The van der Waals surface area contributed by atoms with E-state index in [9.17, 15) is 0 Å². The average Bonchev–Trinajstić information content (AvgIpc) is 3.29. The lowest BCUT2D eigenvalue weighted by molar-refractivity contribution is 1.11. The summed E-state index contributed by atoms with van der Waals surface area (Å²) < 4.78 is 4.36. The first-order valence-electron chi connectivity index (χ1n) is 9.53. The maximum absolute atomic E-state index is 6.57. The normalized spacial score (nSPS) is 11.6. The van der Waals surface area contributed by atoms with E-state index >= 15 is 0 Å². The van der Waals surface area contributed by atoms with E-state index in [4.69, 9.17) is 16.6 Å². The van der Waals surface area contributed by atoms with Gasteiger partial charge in [0.25, 0.3) is 0 Å². The highest BCUT2D eigenvalue weighted by Gasteiger charge is 2.18. The molecule has 0 aliphatic rings. The van der Waals surface area contributed by atoms with Gasteiger partial charge in [-0.25, -0.2) is 4.98 Å². The molecule has 0 saturated carbocycles. The van der Waals surface area contributed by atoms with Crippen LogP contribution in [0.2, 0.25) is 5.02 Å². The Morgan fingerprint density at radius 2 is 1.38 bits per heavy atom. The van der Waals surface area contributed by atoms with Crippen molar-refractivity contribution in [3.05, 3.63) is 102 Å². The fourth-order valence-electron chi connectivity index (χ4n) is 4.11. The van der Waals surface area contributed by atoms with Crippen LogP contribution in [0.3, 0.4) is 0 Å². The first kappa shape index (κ1) is 16.4. The second-order valence-corrected chi connectivity index (χ2v) is 7.50. The van der Waals surface area contributed by atoms with Crippen molar-refractivity contribution in [1.82, 2.24) is 14.0 Å². The Bertz CT molecular complexity index is 1510. The zero-order valence-electron chi connectivity index (χ0n) is 15.5. The number of hydrogen-bond donors (Lipinski definition) is 0. The van der Waals surface area contributed by atoms with Gasteiger partial charge in [-0.2, -0.15) is 0 Å². The van der Waals surface area contributed by atoms with E-state index in [2.05, 4.69) is 81.8 Å². The van der Waals surface area contributed by atoms with E-state index in [0.717, 1.165) is 33.5 Å². The van der Waals surface area contributed by atoms with Gasteiger partial charge in [-0.1, -0.05) is 72.3 Å². The summed E-state index contributed by atoms with van der Waals surface area (Å²) in [4.78, 5) is 4.93. The molecule has 2 heterocycles. The number of benzene rings is 4. The monoisotopic (exact) mass is 393 g/mol. The molecule has 138 valence electrons. The molecule has 6 aromatic rings. The van der Waals surface area contributed by atoms with Crippen molar-refractivity contribution in [2.45, 2.75) is 0 Å². The van der Waals surface area contributed by atoms with Gasteiger partial charge in [-0.05, 0) is 47.5 Å². The Labute approximate surface area is 172 Å². The zero-order chi connectivity index (χ0) is 19.4. The summed E-state index contributed by atoms with van der Waals surface area (Å²) in [5, 5.41) is 0.705. The van der Waals surface area contributed by atoms with Crippen molar-refractivity contribution >= 4 is 39.4 Å². The van der Waals surface area contributed by atoms with Crippen molar-refractivity contribution in [1.29, 1.82) is 0 Å². The van der Waals surface area contributed by atoms with Crippen LogP contribution < -0.4 is 0 Å². The summed E-state index contributed by atoms with van der Waals surface area (Å²) in [6.07, 6.45) is 0. The van der Waals surface area contributed by atoms with Crippen molar-refractivity contribution in [3.8, 4) is 16.8 Å². The highest BCUT2D eigenvalue weighted by Crippen LogP contribution is 2.33. The summed E-state index contributed by atoms with van der Waals surface area (Å²) >= 11 is 6.57. The minimum absolute atomic E-state index is 0.705. The molecule has 0 saturated heterocycles. The zero-order valence-corrected chi connectivity index (χ0v) is 16.2. The number of aromatic nitrogens is 3. The van der Waals surface area contributed by atoms with Gasteiger partial charge in [-0.3, -0.25) is 8.97 Å². The van der Waals surface area contributed by atoms with Crippen LogP contribution in [0.25, 0.3) is 44.7 Å². The van der Waals surface area contributed by atoms with Crippen molar-refractivity contribution in [2.24, 2.45) is 0 Å².